The molecule has 0 unspecified atom stereocenters. The summed E-state index contributed by atoms with van der Waals surface area (Å²) < 4.78 is 5.60. The first-order valence-corrected chi connectivity index (χ1v) is 8.58. The molecule has 0 amide bonds. The molecule has 0 saturated carbocycles. The van der Waals surface area contributed by atoms with E-state index < -0.39 is 0 Å². The number of ether oxygens (including phenoxy) is 1. The van der Waals surface area contributed by atoms with Crippen LogP contribution in [0.15, 0.2) is 17.1 Å². The standard InChI is InChI=1S/C16H29N3OS/c1-5-17-16(18-9-11-20-10-8-13(2)3)19-12-15-7-6-14(4)21-15/h6-7,13H,5,8-12H2,1-4H3,(H2,17,18,19). The van der Waals surface area contributed by atoms with E-state index in [1.165, 1.54) is 9.75 Å². The predicted octanol–water partition coefficient (Wildman–Crippen LogP) is 3.17. The molecule has 120 valence electrons. The van der Waals surface area contributed by atoms with Crippen LogP contribution in [0.4, 0.5) is 0 Å². The topological polar surface area (TPSA) is 45.7 Å². The summed E-state index contributed by atoms with van der Waals surface area (Å²) in [5.41, 5.74) is 0. The van der Waals surface area contributed by atoms with Crippen LogP contribution in [-0.4, -0.2) is 32.3 Å². The second kappa shape index (κ2) is 10.6. The van der Waals surface area contributed by atoms with Crippen LogP contribution in [0.3, 0.4) is 0 Å². The van der Waals surface area contributed by atoms with Crippen molar-refractivity contribution in [2.75, 3.05) is 26.3 Å². The molecular weight excluding hydrogens is 282 g/mol. The average molecular weight is 311 g/mol. The number of hydrogen-bond donors (Lipinski definition) is 2. The molecule has 0 aliphatic rings. The van der Waals surface area contributed by atoms with Gasteiger partial charge in [-0.05, 0) is 38.3 Å². The fourth-order valence-corrected chi connectivity index (χ4v) is 2.55. The van der Waals surface area contributed by atoms with Gasteiger partial charge in [0.05, 0.1) is 13.2 Å². The fraction of sp³-hybridized carbons (Fsp3) is 0.688. The highest BCUT2D eigenvalue weighted by atomic mass is 32.1. The predicted molar refractivity (Wildman–Crippen MR) is 92.1 cm³/mol. The molecule has 0 aromatic carbocycles. The summed E-state index contributed by atoms with van der Waals surface area (Å²) in [7, 11) is 0. The molecular formula is C16H29N3OS. The molecule has 4 nitrogen and oxygen atoms in total. The van der Waals surface area contributed by atoms with E-state index in [1.807, 2.05) is 0 Å². The van der Waals surface area contributed by atoms with E-state index in [2.05, 4.69) is 55.5 Å². The van der Waals surface area contributed by atoms with Gasteiger partial charge in [0, 0.05) is 29.5 Å². The first-order valence-electron chi connectivity index (χ1n) is 7.77. The Labute approximate surface area is 133 Å². The van der Waals surface area contributed by atoms with E-state index in [9.17, 15) is 0 Å². The first-order chi connectivity index (χ1) is 10.1. The van der Waals surface area contributed by atoms with E-state index >= 15 is 0 Å². The monoisotopic (exact) mass is 311 g/mol. The molecule has 1 rings (SSSR count). The Kier molecular flexibility index (Phi) is 9.10. The molecule has 1 heterocycles. The Bertz CT molecular complexity index is 415. The van der Waals surface area contributed by atoms with Gasteiger partial charge < -0.3 is 15.4 Å². The van der Waals surface area contributed by atoms with E-state index in [0.29, 0.717) is 5.92 Å². The highest BCUT2D eigenvalue weighted by molar-refractivity contribution is 7.11. The van der Waals surface area contributed by atoms with Gasteiger partial charge in [-0.1, -0.05) is 13.8 Å². The van der Waals surface area contributed by atoms with Crippen molar-refractivity contribution >= 4 is 17.3 Å². The van der Waals surface area contributed by atoms with E-state index in [-0.39, 0.29) is 0 Å². The molecule has 0 spiro atoms. The summed E-state index contributed by atoms with van der Waals surface area (Å²) in [6, 6.07) is 4.28. The summed E-state index contributed by atoms with van der Waals surface area (Å²) >= 11 is 1.80. The molecule has 5 heteroatoms. The van der Waals surface area contributed by atoms with Gasteiger partial charge in [0.2, 0.25) is 0 Å². The molecule has 1 aromatic rings. The van der Waals surface area contributed by atoms with Crippen LogP contribution in [0.1, 0.15) is 36.9 Å². The Balaban J connectivity index is 2.25. The van der Waals surface area contributed by atoms with E-state index in [1.54, 1.807) is 11.3 Å². The molecule has 21 heavy (non-hydrogen) atoms. The number of aryl methyl sites for hydroxylation is 1. The third kappa shape index (κ3) is 8.73. The largest absolute Gasteiger partial charge is 0.380 e. The van der Waals surface area contributed by atoms with Gasteiger partial charge in [-0.15, -0.1) is 11.3 Å². The number of thiophene rings is 1. The van der Waals surface area contributed by atoms with Crippen LogP contribution in [-0.2, 0) is 11.3 Å². The minimum absolute atomic E-state index is 0.700. The van der Waals surface area contributed by atoms with Crippen LogP contribution in [0.2, 0.25) is 0 Å². The minimum atomic E-state index is 0.700. The lowest BCUT2D eigenvalue weighted by atomic mass is 10.1. The van der Waals surface area contributed by atoms with Gasteiger partial charge in [-0.3, -0.25) is 0 Å². The first kappa shape index (κ1) is 18.0. The lowest BCUT2D eigenvalue weighted by Crippen LogP contribution is -2.39. The summed E-state index contributed by atoms with van der Waals surface area (Å²) in [6.45, 7) is 12.5. The van der Waals surface area contributed by atoms with Crippen LogP contribution in [0, 0.1) is 12.8 Å². The van der Waals surface area contributed by atoms with Crippen molar-refractivity contribution in [3.05, 3.63) is 21.9 Å². The molecule has 0 saturated heterocycles. The number of rotatable bonds is 9. The second-order valence-electron chi connectivity index (χ2n) is 5.43. The number of aliphatic imine (C=N–C) groups is 1. The molecule has 0 aliphatic heterocycles. The minimum Gasteiger partial charge on any atom is -0.380 e. The van der Waals surface area contributed by atoms with Crippen LogP contribution >= 0.6 is 11.3 Å². The van der Waals surface area contributed by atoms with Gasteiger partial charge in [-0.25, -0.2) is 4.99 Å². The summed E-state index contributed by atoms with van der Waals surface area (Å²) in [4.78, 5) is 7.21. The normalized spacial score (nSPS) is 12.0. The van der Waals surface area contributed by atoms with Crippen molar-refractivity contribution < 1.29 is 4.74 Å². The lowest BCUT2D eigenvalue weighted by Gasteiger charge is -2.11. The number of nitrogens with one attached hydrogen (secondary N) is 2. The Hall–Kier alpha value is -1.07. The highest BCUT2D eigenvalue weighted by Gasteiger charge is 1.99. The zero-order valence-corrected chi connectivity index (χ0v) is 14.6. The van der Waals surface area contributed by atoms with Crippen molar-refractivity contribution in [2.45, 2.75) is 40.7 Å². The molecule has 0 fully saturated rings. The Morgan fingerprint density at radius 3 is 2.71 bits per heavy atom. The maximum atomic E-state index is 5.60. The second-order valence-corrected chi connectivity index (χ2v) is 6.80. The zero-order chi connectivity index (χ0) is 15.5. The van der Waals surface area contributed by atoms with Crippen LogP contribution < -0.4 is 10.6 Å². The maximum Gasteiger partial charge on any atom is 0.191 e. The van der Waals surface area contributed by atoms with Crippen molar-refractivity contribution in [1.29, 1.82) is 0 Å². The van der Waals surface area contributed by atoms with Gasteiger partial charge in [-0.2, -0.15) is 0 Å². The summed E-state index contributed by atoms with van der Waals surface area (Å²) in [5, 5.41) is 6.56. The zero-order valence-electron chi connectivity index (χ0n) is 13.7. The van der Waals surface area contributed by atoms with Crippen molar-refractivity contribution in [3.63, 3.8) is 0 Å². The molecule has 2 N–H and O–H groups in total. The molecule has 0 atom stereocenters. The molecule has 0 radical (unpaired) electrons. The van der Waals surface area contributed by atoms with Crippen LogP contribution in [0.5, 0.6) is 0 Å². The molecule has 1 aromatic heterocycles. The van der Waals surface area contributed by atoms with Crippen LogP contribution in [0.25, 0.3) is 0 Å². The maximum absolute atomic E-state index is 5.60. The quantitative estimate of drug-likeness (QED) is 0.418. The van der Waals surface area contributed by atoms with Crippen molar-refractivity contribution in [3.8, 4) is 0 Å². The van der Waals surface area contributed by atoms with Gasteiger partial charge in [0.25, 0.3) is 0 Å². The van der Waals surface area contributed by atoms with E-state index in [0.717, 1.165) is 45.2 Å². The van der Waals surface area contributed by atoms with E-state index in [4.69, 9.17) is 4.74 Å². The average Bonchev–Trinajstić information content (AvgIpc) is 2.85. The third-order valence-corrected chi connectivity index (χ3v) is 3.90. The number of hydrogen-bond acceptors (Lipinski definition) is 3. The third-order valence-electron chi connectivity index (χ3n) is 2.91. The summed E-state index contributed by atoms with van der Waals surface area (Å²) in [6.07, 6.45) is 1.12. The number of guanidine groups is 1. The molecule has 0 aliphatic carbocycles. The van der Waals surface area contributed by atoms with Gasteiger partial charge >= 0.3 is 0 Å². The fourth-order valence-electron chi connectivity index (χ4n) is 1.73. The SMILES string of the molecule is CCNC(=NCc1ccc(C)s1)NCCOCCC(C)C. The summed E-state index contributed by atoms with van der Waals surface area (Å²) in [5.74, 6) is 1.56. The molecule has 0 bridgehead atoms. The van der Waals surface area contributed by atoms with Gasteiger partial charge in [0.1, 0.15) is 0 Å². The highest BCUT2D eigenvalue weighted by Crippen LogP contribution is 2.15. The Morgan fingerprint density at radius 1 is 1.29 bits per heavy atom. The Morgan fingerprint density at radius 2 is 2.10 bits per heavy atom. The van der Waals surface area contributed by atoms with Crippen molar-refractivity contribution in [2.24, 2.45) is 10.9 Å². The van der Waals surface area contributed by atoms with Gasteiger partial charge in [0.15, 0.2) is 5.96 Å². The lowest BCUT2D eigenvalue weighted by molar-refractivity contribution is 0.128. The van der Waals surface area contributed by atoms with Crippen molar-refractivity contribution in [1.82, 2.24) is 10.6 Å². The smallest absolute Gasteiger partial charge is 0.191 e. The number of nitrogens with zero attached hydrogens (tertiary/aromatic N) is 1.